The van der Waals surface area contributed by atoms with Gasteiger partial charge in [0.25, 0.3) is 0 Å². The summed E-state index contributed by atoms with van der Waals surface area (Å²) in [5, 5.41) is 0.671. The highest BCUT2D eigenvalue weighted by molar-refractivity contribution is 7.15. The average molecular weight is 287 g/mol. The molecule has 1 unspecified atom stereocenters. The summed E-state index contributed by atoms with van der Waals surface area (Å²) < 4.78 is 0. The SMILES string of the molecule is Cc1cc(C)cc(C2CCN(Cc3cnc(N)s3)C2)c1. The summed E-state index contributed by atoms with van der Waals surface area (Å²) in [7, 11) is 0. The Morgan fingerprint density at radius 3 is 2.70 bits per heavy atom. The minimum Gasteiger partial charge on any atom is -0.375 e. The van der Waals surface area contributed by atoms with Crippen LogP contribution in [0.15, 0.2) is 24.4 Å². The predicted octanol–water partition coefficient (Wildman–Crippen LogP) is 3.33. The number of aromatic nitrogens is 1. The van der Waals surface area contributed by atoms with Crippen LogP contribution in [-0.2, 0) is 6.54 Å². The number of anilines is 1. The lowest BCUT2D eigenvalue weighted by atomic mass is 9.95. The fourth-order valence-electron chi connectivity index (χ4n) is 3.11. The van der Waals surface area contributed by atoms with Gasteiger partial charge in [-0.25, -0.2) is 4.98 Å². The lowest BCUT2D eigenvalue weighted by Crippen LogP contribution is -2.19. The zero-order chi connectivity index (χ0) is 14.1. The van der Waals surface area contributed by atoms with Crippen molar-refractivity contribution in [1.82, 2.24) is 9.88 Å². The van der Waals surface area contributed by atoms with E-state index in [1.54, 1.807) is 11.3 Å². The van der Waals surface area contributed by atoms with E-state index in [0.29, 0.717) is 11.0 Å². The first-order chi connectivity index (χ1) is 9.60. The summed E-state index contributed by atoms with van der Waals surface area (Å²) in [6.45, 7) is 7.65. The third kappa shape index (κ3) is 3.02. The molecule has 3 rings (SSSR count). The summed E-state index contributed by atoms with van der Waals surface area (Å²) in [5.41, 5.74) is 9.93. The predicted molar refractivity (Wildman–Crippen MR) is 85.1 cm³/mol. The van der Waals surface area contributed by atoms with Crippen LogP contribution in [0.3, 0.4) is 0 Å². The molecule has 0 amide bonds. The molecule has 106 valence electrons. The van der Waals surface area contributed by atoms with Crippen LogP contribution < -0.4 is 5.73 Å². The molecule has 0 radical (unpaired) electrons. The number of hydrogen-bond donors (Lipinski definition) is 1. The Bertz CT molecular complexity index is 585. The Kier molecular flexibility index (Phi) is 3.76. The Morgan fingerprint density at radius 2 is 2.05 bits per heavy atom. The summed E-state index contributed by atoms with van der Waals surface area (Å²) in [6.07, 6.45) is 3.15. The van der Waals surface area contributed by atoms with E-state index >= 15 is 0 Å². The van der Waals surface area contributed by atoms with Gasteiger partial charge in [0.15, 0.2) is 5.13 Å². The van der Waals surface area contributed by atoms with Crippen molar-refractivity contribution in [3.8, 4) is 0 Å². The van der Waals surface area contributed by atoms with E-state index < -0.39 is 0 Å². The highest BCUT2D eigenvalue weighted by Crippen LogP contribution is 2.30. The van der Waals surface area contributed by atoms with Crippen LogP contribution in [-0.4, -0.2) is 23.0 Å². The number of benzene rings is 1. The van der Waals surface area contributed by atoms with Gasteiger partial charge in [0, 0.05) is 24.2 Å². The van der Waals surface area contributed by atoms with E-state index in [1.807, 2.05) is 6.20 Å². The van der Waals surface area contributed by atoms with Crippen LogP contribution >= 0.6 is 11.3 Å². The van der Waals surface area contributed by atoms with Gasteiger partial charge in [-0.15, -0.1) is 11.3 Å². The number of hydrogen-bond acceptors (Lipinski definition) is 4. The molecule has 0 saturated carbocycles. The second-order valence-electron chi connectivity index (χ2n) is 5.81. The zero-order valence-corrected chi connectivity index (χ0v) is 12.9. The maximum absolute atomic E-state index is 5.69. The van der Waals surface area contributed by atoms with Gasteiger partial charge in [0.1, 0.15) is 0 Å². The van der Waals surface area contributed by atoms with Gasteiger partial charge in [-0.2, -0.15) is 0 Å². The van der Waals surface area contributed by atoms with Crippen molar-refractivity contribution in [2.75, 3.05) is 18.8 Å². The van der Waals surface area contributed by atoms with Gasteiger partial charge in [0.2, 0.25) is 0 Å². The molecular weight excluding hydrogens is 266 g/mol. The van der Waals surface area contributed by atoms with Crippen LogP contribution in [0, 0.1) is 13.8 Å². The molecule has 1 aromatic heterocycles. The van der Waals surface area contributed by atoms with Gasteiger partial charge >= 0.3 is 0 Å². The van der Waals surface area contributed by atoms with Crippen molar-refractivity contribution in [2.45, 2.75) is 32.7 Å². The molecule has 1 saturated heterocycles. The van der Waals surface area contributed by atoms with Crippen molar-refractivity contribution in [1.29, 1.82) is 0 Å². The summed E-state index contributed by atoms with van der Waals surface area (Å²) in [5.74, 6) is 0.666. The first-order valence-electron chi connectivity index (χ1n) is 7.11. The topological polar surface area (TPSA) is 42.2 Å². The average Bonchev–Trinajstić information content (AvgIpc) is 2.98. The van der Waals surface area contributed by atoms with Crippen molar-refractivity contribution in [2.24, 2.45) is 0 Å². The third-order valence-electron chi connectivity index (χ3n) is 3.94. The maximum Gasteiger partial charge on any atom is 0.180 e. The summed E-state index contributed by atoms with van der Waals surface area (Å²) in [6, 6.07) is 6.92. The number of rotatable bonds is 3. The molecule has 0 bridgehead atoms. The fraction of sp³-hybridized carbons (Fsp3) is 0.438. The largest absolute Gasteiger partial charge is 0.375 e. The normalized spacial score (nSPS) is 19.6. The summed E-state index contributed by atoms with van der Waals surface area (Å²) >= 11 is 1.60. The molecule has 0 aliphatic carbocycles. The quantitative estimate of drug-likeness (QED) is 0.941. The van der Waals surface area contributed by atoms with E-state index in [1.165, 1.54) is 28.0 Å². The highest BCUT2D eigenvalue weighted by atomic mass is 32.1. The van der Waals surface area contributed by atoms with E-state index in [-0.39, 0.29) is 0 Å². The first-order valence-corrected chi connectivity index (χ1v) is 7.92. The lowest BCUT2D eigenvalue weighted by Gasteiger charge is -2.15. The van der Waals surface area contributed by atoms with Gasteiger partial charge in [-0.1, -0.05) is 29.3 Å². The first kappa shape index (κ1) is 13.6. The summed E-state index contributed by atoms with van der Waals surface area (Å²) in [4.78, 5) is 7.91. The number of thiazole rings is 1. The zero-order valence-electron chi connectivity index (χ0n) is 12.1. The van der Waals surface area contributed by atoms with Gasteiger partial charge in [0.05, 0.1) is 0 Å². The standard InChI is InChI=1S/C16H21N3S/c1-11-5-12(2)7-14(6-11)13-3-4-19(9-13)10-15-8-18-16(17)20-15/h5-8,13H,3-4,9-10H2,1-2H3,(H2,17,18). The van der Waals surface area contributed by atoms with E-state index in [0.717, 1.165) is 19.6 Å². The molecule has 2 heterocycles. The Hall–Kier alpha value is -1.39. The molecule has 2 N–H and O–H groups in total. The second kappa shape index (κ2) is 5.54. The Labute approximate surface area is 124 Å². The molecule has 1 fully saturated rings. The second-order valence-corrected chi connectivity index (χ2v) is 6.95. The molecule has 1 aromatic carbocycles. The van der Waals surface area contributed by atoms with Gasteiger partial charge in [-0.3, -0.25) is 4.90 Å². The molecule has 1 aliphatic rings. The van der Waals surface area contributed by atoms with Crippen LogP contribution in [0.5, 0.6) is 0 Å². The van der Waals surface area contributed by atoms with Crippen LogP contribution in [0.1, 0.15) is 33.9 Å². The molecule has 3 nitrogen and oxygen atoms in total. The molecule has 4 heteroatoms. The Balaban J connectivity index is 1.67. The molecular formula is C16H21N3S. The minimum absolute atomic E-state index is 0.666. The highest BCUT2D eigenvalue weighted by Gasteiger charge is 2.24. The number of likely N-dealkylation sites (tertiary alicyclic amines) is 1. The molecule has 0 spiro atoms. The Morgan fingerprint density at radius 1 is 1.30 bits per heavy atom. The monoisotopic (exact) mass is 287 g/mol. The molecule has 1 aliphatic heterocycles. The van der Waals surface area contributed by atoms with E-state index in [4.69, 9.17) is 5.73 Å². The van der Waals surface area contributed by atoms with Crippen LogP contribution in [0.4, 0.5) is 5.13 Å². The number of aryl methyl sites for hydroxylation is 2. The van der Waals surface area contributed by atoms with Crippen molar-refractivity contribution in [3.63, 3.8) is 0 Å². The lowest BCUT2D eigenvalue weighted by molar-refractivity contribution is 0.329. The molecule has 20 heavy (non-hydrogen) atoms. The third-order valence-corrected chi connectivity index (χ3v) is 4.75. The van der Waals surface area contributed by atoms with Gasteiger partial charge < -0.3 is 5.73 Å². The number of nitrogens with two attached hydrogens (primary N) is 1. The van der Waals surface area contributed by atoms with Crippen molar-refractivity contribution in [3.05, 3.63) is 46.0 Å². The van der Waals surface area contributed by atoms with Crippen molar-refractivity contribution >= 4 is 16.5 Å². The smallest absolute Gasteiger partial charge is 0.180 e. The maximum atomic E-state index is 5.69. The number of nitrogens with zero attached hydrogens (tertiary/aromatic N) is 2. The fourth-order valence-corrected chi connectivity index (χ4v) is 3.84. The molecule has 2 aromatic rings. The van der Waals surface area contributed by atoms with Crippen LogP contribution in [0.25, 0.3) is 0 Å². The minimum atomic E-state index is 0.666. The van der Waals surface area contributed by atoms with E-state index in [2.05, 4.69) is 41.9 Å². The van der Waals surface area contributed by atoms with Crippen molar-refractivity contribution < 1.29 is 0 Å². The van der Waals surface area contributed by atoms with Crippen LogP contribution in [0.2, 0.25) is 0 Å². The molecule has 1 atom stereocenters. The number of nitrogen functional groups attached to an aromatic ring is 1. The van der Waals surface area contributed by atoms with E-state index in [9.17, 15) is 0 Å². The van der Waals surface area contributed by atoms with Gasteiger partial charge in [-0.05, 0) is 38.3 Å².